The van der Waals surface area contributed by atoms with E-state index in [1.165, 1.54) is 0 Å². The maximum Gasteiger partial charge on any atom is 0.231 e. The Bertz CT molecular complexity index is 810. The van der Waals surface area contributed by atoms with Crippen LogP contribution in [0.2, 0.25) is 0 Å². The van der Waals surface area contributed by atoms with E-state index in [2.05, 4.69) is 0 Å². The number of hydrogen-bond donors (Lipinski definition) is 1. The molecule has 26 heavy (non-hydrogen) atoms. The minimum absolute atomic E-state index is 0.0153. The first-order valence-electron chi connectivity index (χ1n) is 8.74. The van der Waals surface area contributed by atoms with Crippen LogP contribution in [0.5, 0.6) is 23.0 Å². The van der Waals surface area contributed by atoms with Gasteiger partial charge in [-0.1, -0.05) is 12.1 Å². The fourth-order valence-electron chi connectivity index (χ4n) is 4.20. The quantitative estimate of drug-likeness (QED) is 0.911. The lowest BCUT2D eigenvalue weighted by atomic mass is 9.85. The molecule has 0 saturated carbocycles. The van der Waals surface area contributed by atoms with Gasteiger partial charge in [-0.3, -0.25) is 0 Å². The van der Waals surface area contributed by atoms with Crippen molar-refractivity contribution >= 4 is 0 Å². The first kappa shape index (κ1) is 15.8. The van der Waals surface area contributed by atoms with E-state index in [0.29, 0.717) is 19.0 Å². The van der Waals surface area contributed by atoms with Gasteiger partial charge in [0.2, 0.25) is 6.79 Å². The standard InChI is InChI=1S/C20H20O6/c1-22-17-6-11(2-4-15(17)21)19-13-8-24-20(14(13)9-23-19)12-3-5-16-18(7-12)26-10-25-16/h2-7,13-14,19-21H,8-10H2,1H3/t13-,14-,19+,20?/m0/s1. The van der Waals surface area contributed by atoms with Crippen LogP contribution in [0.3, 0.4) is 0 Å². The minimum Gasteiger partial charge on any atom is -0.504 e. The maximum atomic E-state index is 9.82. The molecule has 3 heterocycles. The molecule has 3 aliphatic heterocycles. The molecule has 5 rings (SSSR count). The molecule has 0 amide bonds. The van der Waals surface area contributed by atoms with Gasteiger partial charge in [-0.2, -0.15) is 0 Å². The fraction of sp³-hybridized carbons (Fsp3) is 0.400. The summed E-state index contributed by atoms with van der Waals surface area (Å²) in [5.74, 6) is 2.68. The highest BCUT2D eigenvalue weighted by Crippen LogP contribution is 2.51. The van der Waals surface area contributed by atoms with Crippen molar-refractivity contribution in [1.29, 1.82) is 0 Å². The Morgan fingerprint density at radius 1 is 0.885 bits per heavy atom. The average molecular weight is 356 g/mol. The maximum absolute atomic E-state index is 9.82. The first-order chi connectivity index (χ1) is 12.7. The molecular weight excluding hydrogens is 336 g/mol. The second-order valence-electron chi connectivity index (χ2n) is 6.88. The number of phenols is 1. The predicted molar refractivity (Wildman–Crippen MR) is 91.6 cm³/mol. The lowest BCUT2D eigenvalue weighted by molar-refractivity contribution is 0.0191. The first-order valence-corrected chi connectivity index (χ1v) is 8.74. The largest absolute Gasteiger partial charge is 0.504 e. The Morgan fingerprint density at radius 3 is 2.27 bits per heavy atom. The molecule has 2 aromatic rings. The molecule has 4 atom stereocenters. The van der Waals surface area contributed by atoms with E-state index in [4.69, 9.17) is 23.7 Å². The number of methoxy groups -OCH3 is 1. The minimum atomic E-state index is -0.0616. The predicted octanol–water partition coefficient (Wildman–Crippen LogP) is 3.20. The van der Waals surface area contributed by atoms with E-state index in [9.17, 15) is 5.11 Å². The molecule has 2 saturated heterocycles. The number of fused-ring (bicyclic) bond motifs is 2. The molecule has 1 N–H and O–H groups in total. The number of phenolic OH excluding ortho intramolecular Hbond substituents is 1. The summed E-state index contributed by atoms with van der Waals surface area (Å²) < 4.78 is 28.4. The van der Waals surface area contributed by atoms with Gasteiger partial charge < -0.3 is 28.8 Å². The monoisotopic (exact) mass is 356 g/mol. The molecular formula is C20H20O6. The zero-order valence-electron chi connectivity index (χ0n) is 14.4. The van der Waals surface area contributed by atoms with Crippen LogP contribution < -0.4 is 14.2 Å². The smallest absolute Gasteiger partial charge is 0.231 e. The summed E-state index contributed by atoms with van der Waals surface area (Å²) in [7, 11) is 1.55. The Hall–Kier alpha value is -2.44. The fourth-order valence-corrected chi connectivity index (χ4v) is 4.20. The van der Waals surface area contributed by atoms with Crippen LogP contribution in [-0.4, -0.2) is 32.2 Å². The van der Waals surface area contributed by atoms with Gasteiger partial charge in [0.1, 0.15) is 0 Å². The molecule has 0 aromatic heterocycles. The summed E-state index contributed by atoms with van der Waals surface area (Å²) in [6.45, 7) is 1.54. The van der Waals surface area contributed by atoms with Crippen molar-refractivity contribution in [2.24, 2.45) is 11.8 Å². The summed E-state index contributed by atoms with van der Waals surface area (Å²) in [5.41, 5.74) is 2.09. The molecule has 1 unspecified atom stereocenters. The normalized spacial score (nSPS) is 29.0. The van der Waals surface area contributed by atoms with E-state index in [0.717, 1.165) is 22.6 Å². The van der Waals surface area contributed by atoms with Crippen LogP contribution >= 0.6 is 0 Å². The lowest BCUT2D eigenvalue weighted by Crippen LogP contribution is -2.14. The molecule has 6 nitrogen and oxygen atoms in total. The van der Waals surface area contributed by atoms with Crippen molar-refractivity contribution in [3.8, 4) is 23.0 Å². The van der Waals surface area contributed by atoms with Crippen LogP contribution in [0.1, 0.15) is 23.3 Å². The van der Waals surface area contributed by atoms with Crippen LogP contribution in [0.25, 0.3) is 0 Å². The molecule has 0 aliphatic carbocycles. The molecule has 0 bridgehead atoms. The van der Waals surface area contributed by atoms with Gasteiger partial charge in [-0.25, -0.2) is 0 Å². The van der Waals surface area contributed by atoms with Crippen LogP contribution in [0, 0.1) is 11.8 Å². The number of hydrogen-bond acceptors (Lipinski definition) is 6. The second kappa shape index (κ2) is 6.07. The van der Waals surface area contributed by atoms with Gasteiger partial charge in [0.15, 0.2) is 23.0 Å². The van der Waals surface area contributed by atoms with Gasteiger partial charge in [-0.05, 0) is 35.4 Å². The Balaban J connectivity index is 1.40. The van der Waals surface area contributed by atoms with Gasteiger partial charge >= 0.3 is 0 Å². The van der Waals surface area contributed by atoms with Gasteiger partial charge in [0.25, 0.3) is 0 Å². The summed E-state index contributed by atoms with van der Waals surface area (Å²) in [5, 5.41) is 9.82. The third-order valence-corrected chi connectivity index (χ3v) is 5.52. The zero-order valence-corrected chi connectivity index (χ0v) is 14.4. The van der Waals surface area contributed by atoms with E-state index < -0.39 is 0 Å². The third kappa shape index (κ3) is 2.40. The van der Waals surface area contributed by atoms with Crippen LogP contribution in [0.4, 0.5) is 0 Å². The Morgan fingerprint density at radius 2 is 1.54 bits per heavy atom. The summed E-state index contributed by atoms with van der Waals surface area (Å²) >= 11 is 0. The van der Waals surface area contributed by atoms with E-state index in [1.807, 2.05) is 30.3 Å². The second-order valence-corrected chi connectivity index (χ2v) is 6.88. The summed E-state index contributed by atoms with van der Waals surface area (Å²) in [6, 6.07) is 11.4. The lowest BCUT2D eigenvalue weighted by Gasteiger charge is -2.17. The van der Waals surface area contributed by atoms with Gasteiger partial charge in [0.05, 0.1) is 32.5 Å². The highest BCUT2D eigenvalue weighted by Gasteiger charge is 2.48. The molecule has 136 valence electrons. The summed E-state index contributed by atoms with van der Waals surface area (Å²) in [4.78, 5) is 0. The van der Waals surface area contributed by atoms with Gasteiger partial charge in [0, 0.05) is 11.8 Å². The number of benzene rings is 2. The topological polar surface area (TPSA) is 66.4 Å². The SMILES string of the molecule is COc1cc([C@H]2OC[C@@H]3C(c4ccc5c(c4)OCO5)OC[C@H]23)ccc1O. The average Bonchev–Trinajstić information content (AvgIpc) is 3.37. The Kier molecular flexibility index (Phi) is 3.69. The number of ether oxygens (including phenoxy) is 5. The highest BCUT2D eigenvalue weighted by atomic mass is 16.7. The van der Waals surface area contributed by atoms with Crippen LogP contribution in [-0.2, 0) is 9.47 Å². The Labute approximate surface area is 151 Å². The molecule has 0 spiro atoms. The third-order valence-electron chi connectivity index (χ3n) is 5.52. The van der Waals surface area contributed by atoms with E-state index >= 15 is 0 Å². The van der Waals surface area contributed by atoms with Crippen molar-refractivity contribution in [2.45, 2.75) is 12.2 Å². The van der Waals surface area contributed by atoms with E-state index in [-0.39, 0.29) is 36.6 Å². The molecule has 2 aromatic carbocycles. The van der Waals surface area contributed by atoms with Crippen molar-refractivity contribution < 1.29 is 28.8 Å². The van der Waals surface area contributed by atoms with Crippen molar-refractivity contribution in [1.82, 2.24) is 0 Å². The van der Waals surface area contributed by atoms with Crippen molar-refractivity contribution in [3.05, 3.63) is 47.5 Å². The number of aromatic hydroxyl groups is 1. The highest BCUT2D eigenvalue weighted by molar-refractivity contribution is 5.46. The van der Waals surface area contributed by atoms with Crippen molar-refractivity contribution in [2.75, 3.05) is 27.1 Å². The van der Waals surface area contributed by atoms with Crippen molar-refractivity contribution in [3.63, 3.8) is 0 Å². The molecule has 3 aliphatic rings. The van der Waals surface area contributed by atoms with E-state index in [1.54, 1.807) is 13.2 Å². The summed E-state index contributed by atoms with van der Waals surface area (Å²) in [6.07, 6.45) is -0.0768. The molecule has 6 heteroatoms. The van der Waals surface area contributed by atoms with Gasteiger partial charge in [-0.15, -0.1) is 0 Å². The zero-order chi connectivity index (χ0) is 17.7. The number of rotatable bonds is 3. The molecule has 2 fully saturated rings. The molecule has 0 radical (unpaired) electrons. The van der Waals surface area contributed by atoms with Crippen LogP contribution in [0.15, 0.2) is 36.4 Å².